The van der Waals surface area contributed by atoms with E-state index in [4.69, 9.17) is 4.42 Å². The molecule has 0 atom stereocenters. The van der Waals surface area contributed by atoms with E-state index in [0.29, 0.717) is 23.3 Å². The van der Waals surface area contributed by atoms with Crippen molar-refractivity contribution in [2.45, 2.75) is 24.7 Å². The zero-order valence-electron chi connectivity index (χ0n) is 20.1. The quantitative estimate of drug-likeness (QED) is 0.223. The maximum absolute atomic E-state index is 14.4. The van der Waals surface area contributed by atoms with E-state index in [2.05, 4.69) is 4.98 Å². The lowest BCUT2D eigenvalue weighted by molar-refractivity contribution is -0.137. The first-order valence-electron chi connectivity index (χ1n) is 10.9. The summed E-state index contributed by atoms with van der Waals surface area (Å²) >= 11 is 1.12. The van der Waals surface area contributed by atoms with Crippen LogP contribution in [0.4, 0.5) is 22.0 Å². The van der Waals surface area contributed by atoms with Crippen molar-refractivity contribution in [1.82, 2.24) is 9.55 Å². The van der Waals surface area contributed by atoms with Crippen LogP contribution in [0.3, 0.4) is 0 Å². The number of pyridine rings is 2. The van der Waals surface area contributed by atoms with E-state index in [1.807, 2.05) is 0 Å². The molecule has 1 N–H and O–H groups in total. The van der Waals surface area contributed by atoms with Crippen molar-refractivity contribution in [2.75, 3.05) is 6.26 Å². The van der Waals surface area contributed by atoms with Gasteiger partial charge in [0.1, 0.15) is 28.3 Å². The van der Waals surface area contributed by atoms with Gasteiger partial charge in [0.25, 0.3) is 5.56 Å². The molecule has 0 unspecified atom stereocenters. The van der Waals surface area contributed by atoms with Crippen molar-refractivity contribution in [3.05, 3.63) is 92.6 Å². The number of hydrogen-bond donors (Lipinski definition) is 1. The molecule has 0 fully saturated rings. The number of aromatic carboxylic acids is 1. The number of carboxylic acid groups (broad SMARTS) is 1. The first-order valence-corrected chi connectivity index (χ1v) is 12.1. The zero-order chi connectivity index (χ0) is 28.6. The van der Waals surface area contributed by atoms with Gasteiger partial charge in [0.2, 0.25) is 0 Å². The maximum atomic E-state index is 14.4. The number of rotatable bonds is 6. The van der Waals surface area contributed by atoms with Crippen LogP contribution in [0.2, 0.25) is 0 Å². The Morgan fingerprint density at radius 3 is 2.54 bits per heavy atom. The Balaban J connectivity index is 1.95. The van der Waals surface area contributed by atoms with Crippen LogP contribution < -0.4 is 5.56 Å². The average Bonchev–Trinajstić information content (AvgIpc) is 3.34. The lowest BCUT2D eigenvalue weighted by Gasteiger charge is -2.16. The normalized spacial score (nSPS) is 11.4. The SMILES string of the molecule is CSc1ncc(-c2coc(-c3cc(C(F)(F)F)c(C#N)c(=O)n3Cc3ccc(F)cc3F)c2)c(C)c1C(=O)O. The van der Waals surface area contributed by atoms with E-state index in [0.717, 1.165) is 34.7 Å². The second kappa shape index (κ2) is 10.4. The molecule has 0 spiro atoms. The number of thioether (sulfide) groups is 1. The second-order valence-electron chi connectivity index (χ2n) is 8.24. The third-order valence-electron chi connectivity index (χ3n) is 5.93. The number of benzene rings is 1. The summed E-state index contributed by atoms with van der Waals surface area (Å²) in [5, 5.41) is 19.2. The monoisotopic (exact) mass is 561 g/mol. The molecule has 0 saturated carbocycles. The molecule has 4 aromatic rings. The first-order chi connectivity index (χ1) is 18.4. The van der Waals surface area contributed by atoms with E-state index in [1.165, 1.54) is 25.3 Å². The molecular weight excluding hydrogens is 545 g/mol. The molecule has 0 aliphatic carbocycles. The van der Waals surface area contributed by atoms with Gasteiger partial charge in [0.05, 0.1) is 29.6 Å². The Hall–Kier alpha value is -4.44. The van der Waals surface area contributed by atoms with Gasteiger partial charge < -0.3 is 9.52 Å². The molecule has 200 valence electrons. The van der Waals surface area contributed by atoms with Gasteiger partial charge in [-0.3, -0.25) is 9.36 Å². The second-order valence-corrected chi connectivity index (χ2v) is 9.04. The van der Waals surface area contributed by atoms with Crippen LogP contribution in [0.15, 0.2) is 57.0 Å². The molecule has 0 aliphatic rings. The highest BCUT2D eigenvalue weighted by Crippen LogP contribution is 2.37. The summed E-state index contributed by atoms with van der Waals surface area (Å²) in [7, 11) is 0. The van der Waals surface area contributed by atoms with Crippen molar-refractivity contribution in [1.29, 1.82) is 5.26 Å². The third kappa shape index (κ3) is 5.15. The van der Waals surface area contributed by atoms with Gasteiger partial charge in [-0.25, -0.2) is 18.6 Å². The van der Waals surface area contributed by atoms with Gasteiger partial charge in [0.15, 0.2) is 5.76 Å². The lowest BCUT2D eigenvalue weighted by Crippen LogP contribution is -2.29. The Morgan fingerprint density at radius 1 is 1.23 bits per heavy atom. The summed E-state index contributed by atoms with van der Waals surface area (Å²) in [5.41, 5.74) is -3.95. The Kier molecular flexibility index (Phi) is 7.34. The third-order valence-corrected chi connectivity index (χ3v) is 6.63. The Morgan fingerprint density at radius 2 is 1.95 bits per heavy atom. The molecule has 3 aromatic heterocycles. The van der Waals surface area contributed by atoms with Gasteiger partial charge in [-0.1, -0.05) is 6.07 Å². The van der Waals surface area contributed by atoms with Gasteiger partial charge in [-0.2, -0.15) is 18.4 Å². The summed E-state index contributed by atoms with van der Waals surface area (Å²) in [5.74, 6) is -3.44. The van der Waals surface area contributed by atoms with E-state index in [1.54, 1.807) is 6.26 Å². The fourth-order valence-corrected chi connectivity index (χ4v) is 4.65. The minimum Gasteiger partial charge on any atom is -0.478 e. The summed E-state index contributed by atoms with van der Waals surface area (Å²) < 4.78 is 75.4. The van der Waals surface area contributed by atoms with Gasteiger partial charge in [0, 0.05) is 29.0 Å². The highest BCUT2D eigenvalue weighted by atomic mass is 32.2. The number of furan rings is 1. The van der Waals surface area contributed by atoms with Crippen molar-refractivity contribution < 1.29 is 36.3 Å². The van der Waals surface area contributed by atoms with E-state index in [9.17, 15) is 41.9 Å². The fraction of sp³-hybridized carbons (Fsp3) is 0.154. The van der Waals surface area contributed by atoms with Gasteiger partial charge in [-0.05, 0) is 36.9 Å². The summed E-state index contributed by atoms with van der Waals surface area (Å²) in [6.07, 6.45) is -0.916. The highest BCUT2D eigenvalue weighted by Gasteiger charge is 2.37. The predicted molar refractivity (Wildman–Crippen MR) is 130 cm³/mol. The standard InChI is InChI=1S/C26H16F5N3O4S/c1-12-17(9-33-23(39-2)22(12)25(36)37)14-5-21(38-11-14)20-7-18(26(29,30)31)16(8-32)24(35)34(20)10-13-3-4-15(27)6-19(13)28/h3-7,9,11H,10H2,1-2H3,(H,36,37). The van der Waals surface area contributed by atoms with E-state index in [-0.39, 0.29) is 27.5 Å². The molecule has 1 aromatic carbocycles. The smallest absolute Gasteiger partial charge is 0.417 e. The molecule has 39 heavy (non-hydrogen) atoms. The predicted octanol–water partition coefficient (Wildman–Crippen LogP) is 6.12. The number of alkyl halides is 3. The van der Waals surface area contributed by atoms with Crippen molar-refractivity contribution in [3.63, 3.8) is 0 Å². The largest absolute Gasteiger partial charge is 0.478 e. The molecule has 0 radical (unpaired) electrons. The molecule has 3 heterocycles. The number of aromatic nitrogens is 2. The van der Waals surface area contributed by atoms with Gasteiger partial charge >= 0.3 is 12.1 Å². The molecular formula is C26H16F5N3O4S. The molecule has 0 bridgehead atoms. The van der Waals surface area contributed by atoms with Crippen LogP contribution >= 0.6 is 11.8 Å². The van der Waals surface area contributed by atoms with Crippen LogP contribution in [-0.4, -0.2) is 26.9 Å². The molecule has 0 amide bonds. The molecule has 13 heteroatoms. The molecule has 4 rings (SSSR count). The average molecular weight is 561 g/mol. The number of nitriles is 1. The van der Waals surface area contributed by atoms with Crippen molar-refractivity contribution >= 4 is 17.7 Å². The van der Waals surface area contributed by atoms with Crippen molar-refractivity contribution in [3.8, 4) is 28.7 Å². The number of hydrogen-bond acceptors (Lipinski definition) is 6. The number of carbonyl (C=O) groups is 1. The Labute approximate surface area is 221 Å². The van der Waals surface area contributed by atoms with E-state index >= 15 is 0 Å². The summed E-state index contributed by atoms with van der Waals surface area (Å²) in [6.45, 7) is 0.888. The fourth-order valence-electron chi connectivity index (χ4n) is 4.05. The summed E-state index contributed by atoms with van der Waals surface area (Å²) in [6, 6.07) is 5.55. The summed E-state index contributed by atoms with van der Waals surface area (Å²) in [4.78, 5) is 29.0. The highest BCUT2D eigenvalue weighted by molar-refractivity contribution is 7.98. The number of nitrogens with zero attached hydrogens (tertiary/aromatic N) is 3. The molecule has 0 saturated heterocycles. The zero-order valence-corrected chi connectivity index (χ0v) is 20.9. The van der Waals surface area contributed by atoms with Crippen LogP contribution in [0, 0.1) is 29.9 Å². The van der Waals surface area contributed by atoms with E-state index < -0.39 is 52.7 Å². The minimum atomic E-state index is -5.08. The Bertz CT molecular complexity index is 1720. The first kappa shape index (κ1) is 27.6. The lowest BCUT2D eigenvalue weighted by atomic mass is 10.0. The van der Waals surface area contributed by atoms with Crippen LogP contribution in [0.25, 0.3) is 22.6 Å². The van der Waals surface area contributed by atoms with Crippen molar-refractivity contribution in [2.24, 2.45) is 0 Å². The number of halogens is 5. The minimum absolute atomic E-state index is 0.0656. The van der Waals surface area contributed by atoms with Crippen LogP contribution in [0.1, 0.15) is 32.6 Å². The molecule has 0 aliphatic heterocycles. The topological polar surface area (TPSA) is 109 Å². The van der Waals surface area contributed by atoms with Gasteiger partial charge in [-0.15, -0.1) is 11.8 Å². The van der Waals surface area contributed by atoms with Crippen LogP contribution in [0.5, 0.6) is 0 Å². The maximum Gasteiger partial charge on any atom is 0.417 e. The number of carboxylic acids is 1. The molecule has 7 nitrogen and oxygen atoms in total. The van der Waals surface area contributed by atoms with Crippen LogP contribution in [-0.2, 0) is 12.7 Å².